The van der Waals surface area contributed by atoms with Gasteiger partial charge < -0.3 is 5.11 Å². The summed E-state index contributed by atoms with van der Waals surface area (Å²) in [6.07, 6.45) is -0.708. The van der Waals surface area contributed by atoms with Gasteiger partial charge in [-0.3, -0.25) is 4.68 Å². The minimum atomic E-state index is -0.958. The van der Waals surface area contributed by atoms with Gasteiger partial charge in [0.2, 0.25) is 0 Å². The third-order valence-electron chi connectivity index (χ3n) is 3.54. The van der Waals surface area contributed by atoms with E-state index in [1.165, 1.54) is 12.1 Å². The van der Waals surface area contributed by atoms with E-state index in [-0.39, 0.29) is 12.0 Å². The number of aliphatic hydroxyl groups excluding tert-OH is 1. The zero-order valence-corrected chi connectivity index (χ0v) is 12.2. The molecular weight excluding hydrogens is 291 g/mol. The van der Waals surface area contributed by atoms with Crippen LogP contribution < -0.4 is 0 Å². The predicted molar refractivity (Wildman–Crippen MR) is 80.8 cm³/mol. The molecule has 0 spiro atoms. The maximum atomic E-state index is 13.9. The van der Waals surface area contributed by atoms with E-state index in [1.807, 2.05) is 31.3 Å². The Morgan fingerprint density at radius 3 is 2.81 bits per heavy atom. The lowest BCUT2D eigenvalue weighted by Gasteiger charge is -2.11. The molecular formula is C16H14ClFN2O. The van der Waals surface area contributed by atoms with Gasteiger partial charge in [0, 0.05) is 29.4 Å². The van der Waals surface area contributed by atoms with Gasteiger partial charge in [0.25, 0.3) is 0 Å². The first kappa shape index (κ1) is 14.0. The Labute approximate surface area is 126 Å². The highest BCUT2D eigenvalue weighted by molar-refractivity contribution is 6.30. The molecule has 1 aromatic heterocycles. The van der Waals surface area contributed by atoms with Crippen molar-refractivity contribution >= 4 is 22.5 Å². The molecule has 0 aliphatic rings. The van der Waals surface area contributed by atoms with Crippen molar-refractivity contribution in [3.63, 3.8) is 0 Å². The van der Waals surface area contributed by atoms with Crippen molar-refractivity contribution in [2.45, 2.75) is 12.5 Å². The van der Waals surface area contributed by atoms with E-state index in [0.717, 1.165) is 16.6 Å². The third-order valence-corrected chi connectivity index (χ3v) is 3.78. The summed E-state index contributed by atoms with van der Waals surface area (Å²) in [6.45, 7) is 0. The molecule has 3 nitrogen and oxygen atoms in total. The van der Waals surface area contributed by atoms with Crippen LogP contribution in [0.25, 0.3) is 10.9 Å². The molecule has 1 atom stereocenters. The molecule has 0 amide bonds. The van der Waals surface area contributed by atoms with Gasteiger partial charge in [-0.25, -0.2) is 4.39 Å². The van der Waals surface area contributed by atoms with E-state index in [2.05, 4.69) is 5.10 Å². The molecule has 0 saturated carbocycles. The molecule has 5 heteroatoms. The van der Waals surface area contributed by atoms with E-state index in [9.17, 15) is 9.50 Å². The molecule has 3 rings (SSSR count). The lowest BCUT2D eigenvalue weighted by atomic mass is 10.0. The molecule has 0 fully saturated rings. The van der Waals surface area contributed by atoms with Crippen LogP contribution in [0.1, 0.15) is 17.4 Å². The van der Waals surface area contributed by atoms with Crippen molar-refractivity contribution < 1.29 is 9.50 Å². The Bertz CT molecular complexity index is 800. The number of aromatic nitrogens is 2. The van der Waals surface area contributed by atoms with Crippen LogP contribution >= 0.6 is 11.6 Å². The van der Waals surface area contributed by atoms with Crippen molar-refractivity contribution in [1.29, 1.82) is 0 Å². The highest BCUT2D eigenvalue weighted by atomic mass is 35.5. The van der Waals surface area contributed by atoms with Gasteiger partial charge in [-0.15, -0.1) is 0 Å². The number of hydrogen-bond acceptors (Lipinski definition) is 2. The first-order valence-corrected chi connectivity index (χ1v) is 6.97. The molecule has 1 heterocycles. The number of benzene rings is 2. The van der Waals surface area contributed by atoms with Crippen molar-refractivity contribution in [1.82, 2.24) is 9.78 Å². The van der Waals surface area contributed by atoms with Crippen molar-refractivity contribution in [3.8, 4) is 0 Å². The van der Waals surface area contributed by atoms with Crippen molar-refractivity contribution in [2.24, 2.45) is 7.05 Å². The second-order valence-corrected chi connectivity index (χ2v) is 5.41. The molecule has 0 aliphatic carbocycles. The number of aliphatic hydroxyl groups is 1. The van der Waals surface area contributed by atoms with Gasteiger partial charge in [-0.05, 0) is 18.2 Å². The maximum Gasteiger partial charge on any atom is 0.130 e. The first-order chi connectivity index (χ1) is 10.1. The second-order valence-electron chi connectivity index (χ2n) is 4.97. The van der Waals surface area contributed by atoms with Crippen LogP contribution in [-0.4, -0.2) is 14.9 Å². The smallest absolute Gasteiger partial charge is 0.130 e. The summed E-state index contributed by atoms with van der Waals surface area (Å²) in [5.74, 6) is -0.504. The summed E-state index contributed by atoms with van der Waals surface area (Å²) >= 11 is 5.73. The largest absolute Gasteiger partial charge is 0.388 e. The molecule has 1 unspecified atom stereocenters. The van der Waals surface area contributed by atoms with Crippen molar-refractivity contribution in [3.05, 3.63) is 64.6 Å². The Morgan fingerprint density at radius 2 is 2.05 bits per heavy atom. The Hall–Kier alpha value is -1.91. The number of para-hydroxylation sites is 1. The lowest BCUT2D eigenvalue weighted by molar-refractivity contribution is 0.172. The number of fused-ring (bicyclic) bond motifs is 1. The van der Waals surface area contributed by atoms with E-state index < -0.39 is 11.9 Å². The van der Waals surface area contributed by atoms with Crippen LogP contribution in [0, 0.1) is 5.82 Å². The van der Waals surface area contributed by atoms with Crippen LogP contribution in [0.3, 0.4) is 0 Å². The third kappa shape index (κ3) is 2.64. The molecule has 3 aromatic rings. The average molecular weight is 305 g/mol. The Balaban J connectivity index is 1.94. The molecule has 108 valence electrons. The molecule has 0 saturated heterocycles. The number of rotatable bonds is 3. The van der Waals surface area contributed by atoms with Gasteiger partial charge >= 0.3 is 0 Å². The van der Waals surface area contributed by atoms with E-state index >= 15 is 0 Å². The maximum absolute atomic E-state index is 13.9. The topological polar surface area (TPSA) is 38.0 Å². The SMILES string of the molecule is Cn1nc(CC(O)c2ccc(Cl)cc2F)c2ccccc21. The van der Waals surface area contributed by atoms with Gasteiger partial charge in [0.1, 0.15) is 5.82 Å². The fourth-order valence-corrected chi connectivity index (χ4v) is 2.66. The summed E-state index contributed by atoms with van der Waals surface area (Å²) in [4.78, 5) is 0. The highest BCUT2D eigenvalue weighted by Gasteiger charge is 2.17. The monoisotopic (exact) mass is 304 g/mol. The van der Waals surface area contributed by atoms with Crippen LogP contribution in [0.4, 0.5) is 4.39 Å². The van der Waals surface area contributed by atoms with Crippen LogP contribution in [0.2, 0.25) is 5.02 Å². The fourth-order valence-electron chi connectivity index (χ4n) is 2.50. The van der Waals surface area contributed by atoms with E-state index in [1.54, 1.807) is 10.7 Å². The van der Waals surface area contributed by atoms with Gasteiger partial charge in [-0.1, -0.05) is 35.9 Å². The molecule has 2 aromatic carbocycles. The van der Waals surface area contributed by atoms with Gasteiger partial charge in [0.15, 0.2) is 0 Å². The van der Waals surface area contributed by atoms with Crippen LogP contribution in [0.15, 0.2) is 42.5 Å². The average Bonchev–Trinajstić information content (AvgIpc) is 2.76. The van der Waals surface area contributed by atoms with Gasteiger partial charge in [-0.2, -0.15) is 5.10 Å². The zero-order valence-electron chi connectivity index (χ0n) is 11.4. The van der Waals surface area contributed by atoms with Gasteiger partial charge in [0.05, 0.1) is 17.3 Å². The molecule has 0 bridgehead atoms. The second kappa shape index (κ2) is 5.47. The molecule has 0 radical (unpaired) electrons. The molecule has 21 heavy (non-hydrogen) atoms. The standard InChI is InChI=1S/C16H14ClFN2O/c1-20-15-5-3-2-4-12(15)14(19-20)9-16(21)11-7-6-10(17)8-13(11)18/h2-8,16,21H,9H2,1H3. The summed E-state index contributed by atoms with van der Waals surface area (Å²) in [5, 5.41) is 16.0. The highest BCUT2D eigenvalue weighted by Crippen LogP contribution is 2.26. The number of aryl methyl sites for hydroxylation is 1. The van der Waals surface area contributed by atoms with Crippen molar-refractivity contribution in [2.75, 3.05) is 0 Å². The molecule has 1 N–H and O–H groups in total. The Morgan fingerprint density at radius 1 is 1.29 bits per heavy atom. The molecule has 0 aliphatic heterocycles. The predicted octanol–water partition coefficient (Wildman–Crippen LogP) is 3.64. The summed E-state index contributed by atoms with van der Waals surface area (Å²) in [6, 6.07) is 12.0. The lowest BCUT2D eigenvalue weighted by Crippen LogP contribution is -2.05. The number of nitrogens with zero attached hydrogens (tertiary/aromatic N) is 2. The van der Waals surface area contributed by atoms with Crippen LogP contribution in [0.5, 0.6) is 0 Å². The summed E-state index contributed by atoms with van der Waals surface area (Å²) in [7, 11) is 1.85. The first-order valence-electron chi connectivity index (χ1n) is 6.60. The van der Waals surface area contributed by atoms with E-state index in [4.69, 9.17) is 11.6 Å². The minimum absolute atomic E-state index is 0.231. The summed E-state index contributed by atoms with van der Waals surface area (Å²) < 4.78 is 15.6. The summed E-state index contributed by atoms with van der Waals surface area (Å²) in [5.41, 5.74) is 1.96. The Kier molecular flexibility index (Phi) is 3.66. The van der Waals surface area contributed by atoms with Crippen LogP contribution in [-0.2, 0) is 13.5 Å². The normalized spacial score (nSPS) is 12.8. The minimum Gasteiger partial charge on any atom is -0.388 e. The quantitative estimate of drug-likeness (QED) is 0.802. The fraction of sp³-hybridized carbons (Fsp3) is 0.188. The van der Waals surface area contributed by atoms with E-state index in [0.29, 0.717) is 5.02 Å². The number of hydrogen-bond donors (Lipinski definition) is 1. The number of halogens is 2. The zero-order chi connectivity index (χ0) is 15.0.